The smallest absolute Gasteiger partial charge is 0.231 e. The highest BCUT2D eigenvalue weighted by Crippen LogP contribution is 2.16. The maximum Gasteiger partial charge on any atom is 0.231 e. The molecule has 1 N–H and O–H groups in total. The molecule has 0 spiro atoms. The summed E-state index contributed by atoms with van der Waals surface area (Å²) in [6, 6.07) is 0. The van der Waals surface area contributed by atoms with E-state index in [1.54, 1.807) is 0 Å². The van der Waals surface area contributed by atoms with Gasteiger partial charge in [0.05, 0.1) is 0 Å². The highest BCUT2D eigenvalue weighted by molar-refractivity contribution is 6.28. The van der Waals surface area contributed by atoms with Crippen LogP contribution in [0.1, 0.15) is 27.2 Å². The molecule has 0 radical (unpaired) electrons. The Hall–Kier alpha value is -1.14. The van der Waals surface area contributed by atoms with Gasteiger partial charge in [-0.1, -0.05) is 20.8 Å². The summed E-state index contributed by atoms with van der Waals surface area (Å²) in [4.78, 5) is 17.5. The number of rotatable bonds is 6. The van der Waals surface area contributed by atoms with Gasteiger partial charge in [0, 0.05) is 39.3 Å². The Kier molecular flexibility index (Phi) is 5.99. The SMILES string of the molecule is CCCNc1nc(Cl)nc(N2CCN(CC(C)C)CC2)n1. The number of hydrogen-bond acceptors (Lipinski definition) is 6. The Morgan fingerprint density at radius 3 is 2.48 bits per heavy atom. The fourth-order valence-corrected chi connectivity index (χ4v) is 2.60. The number of piperazine rings is 1. The van der Waals surface area contributed by atoms with Crippen LogP contribution in [0.3, 0.4) is 0 Å². The van der Waals surface area contributed by atoms with E-state index in [2.05, 4.69) is 50.8 Å². The van der Waals surface area contributed by atoms with E-state index in [1.807, 2.05) is 0 Å². The zero-order valence-corrected chi connectivity index (χ0v) is 13.9. The van der Waals surface area contributed by atoms with Gasteiger partial charge < -0.3 is 10.2 Å². The topological polar surface area (TPSA) is 57.2 Å². The minimum atomic E-state index is 0.253. The van der Waals surface area contributed by atoms with Crippen molar-refractivity contribution in [2.75, 3.05) is 49.5 Å². The predicted octanol–water partition coefficient (Wildman–Crippen LogP) is 2.12. The van der Waals surface area contributed by atoms with Gasteiger partial charge in [-0.2, -0.15) is 15.0 Å². The van der Waals surface area contributed by atoms with Gasteiger partial charge in [-0.25, -0.2) is 0 Å². The molecule has 1 saturated heterocycles. The second-order valence-corrected chi connectivity index (χ2v) is 6.17. The fraction of sp³-hybridized carbons (Fsp3) is 0.786. The third kappa shape index (κ3) is 4.97. The summed E-state index contributed by atoms with van der Waals surface area (Å²) in [5, 5.41) is 3.42. The molecule has 6 nitrogen and oxygen atoms in total. The predicted molar refractivity (Wildman–Crippen MR) is 87.1 cm³/mol. The van der Waals surface area contributed by atoms with E-state index in [4.69, 9.17) is 11.6 Å². The zero-order valence-electron chi connectivity index (χ0n) is 13.1. The lowest BCUT2D eigenvalue weighted by Crippen LogP contribution is -2.48. The standard InChI is InChI=1S/C14H25ClN6/c1-4-5-16-13-17-12(15)18-14(19-13)21-8-6-20(7-9-21)10-11(2)3/h11H,4-10H2,1-3H3,(H,16,17,18,19). The van der Waals surface area contributed by atoms with E-state index in [9.17, 15) is 0 Å². The van der Waals surface area contributed by atoms with Crippen molar-refractivity contribution in [2.45, 2.75) is 27.2 Å². The molecule has 0 saturated carbocycles. The summed E-state index contributed by atoms with van der Waals surface area (Å²) in [7, 11) is 0. The van der Waals surface area contributed by atoms with Crippen LogP contribution in [0, 0.1) is 5.92 Å². The Bertz CT molecular complexity index is 445. The lowest BCUT2D eigenvalue weighted by atomic mass is 10.2. The third-order valence-corrected chi connectivity index (χ3v) is 3.58. The molecule has 7 heteroatoms. The largest absolute Gasteiger partial charge is 0.354 e. The summed E-state index contributed by atoms with van der Waals surface area (Å²) in [6.45, 7) is 12.5. The lowest BCUT2D eigenvalue weighted by Gasteiger charge is -2.35. The molecular formula is C14H25ClN6. The van der Waals surface area contributed by atoms with Crippen molar-refractivity contribution in [3.63, 3.8) is 0 Å². The van der Waals surface area contributed by atoms with Gasteiger partial charge in [0.2, 0.25) is 17.2 Å². The average molecular weight is 313 g/mol. The van der Waals surface area contributed by atoms with Gasteiger partial charge in [-0.05, 0) is 23.9 Å². The van der Waals surface area contributed by atoms with Crippen LogP contribution in [0.4, 0.5) is 11.9 Å². The first-order valence-corrected chi connectivity index (χ1v) is 8.09. The number of nitrogens with one attached hydrogen (secondary N) is 1. The highest BCUT2D eigenvalue weighted by Gasteiger charge is 2.20. The van der Waals surface area contributed by atoms with Crippen LogP contribution < -0.4 is 10.2 Å². The summed E-state index contributed by atoms with van der Waals surface area (Å²) >= 11 is 6.01. The van der Waals surface area contributed by atoms with Crippen molar-refractivity contribution >= 4 is 23.5 Å². The molecule has 0 unspecified atom stereocenters. The summed E-state index contributed by atoms with van der Waals surface area (Å²) in [6.07, 6.45) is 1.02. The quantitative estimate of drug-likeness (QED) is 0.868. The van der Waals surface area contributed by atoms with E-state index in [1.165, 1.54) is 0 Å². The molecule has 1 aliphatic rings. The third-order valence-electron chi connectivity index (χ3n) is 3.41. The summed E-state index contributed by atoms with van der Waals surface area (Å²) in [5.41, 5.74) is 0. The Labute approximate surface area is 131 Å². The van der Waals surface area contributed by atoms with E-state index >= 15 is 0 Å². The Morgan fingerprint density at radius 1 is 1.14 bits per heavy atom. The van der Waals surface area contributed by atoms with Crippen molar-refractivity contribution in [3.8, 4) is 0 Å². The molecule has 0 aliphatic carbocycles. The maximum absolute atomic E-state index is 6.01. The van der Waals surface area contributed by atoms with Crippen LogP contribution in [0.5, 0.6) is 0 Å². The first-order chi connectivity index (χ1) is 10.1. The Balaban J connectivity index is 1.97. The van der Waals surface area contributed by atoms with Crippen LogP contribution in [0.25, 0.3) is 0 Å². The normalized spacial score (nSPS) is 16.5. The van der Waals surface area contributed by atoms with Crippen molar-refractivity contribution in [1.29, 1.82) is 0 Å². The van der Waals surface area contributed by atoms with E-state index < -0.39 is 0 Å². The lowest BCUT2D eigenvalue weighted by molar-refractivity contribution is 0.230. The van der Waals surface area contributed by atoms with Gasteiger partial charge in [0.25, 0.3) is 0 Å². The number of aromatic nitrogens is 3. The number of halogens is 1. The minimum absolute atomic E-state index is 0.253. The van der Waals surface area contributed by atoms with Gasteiger partial charge in [0.1, 0.15) is 0 Å². The minimum Gasteiger partial charge on any atom is -0.354 e. The molecule has 1 fully saturated rings. The molecule has 0 bridgehead atoms. The molecule has 0 aromatic carbocycles. The van der Waals surface area contributed by atoms with Gasteiger partial charge >= 0.3 is 0 Å². The van der Waals surface area contributed by atoms with Crippen LogP contribution in [-0.4, -0.2) is 59.1 Å². The highest BCUT2D eigenvalue weighted by atomic mass is 35.5. The van der Waals surface area contributed by atoms with Crippen LogP contribution >= 0.6 is 11.6 Å². The molecule has 118 valence electrons. The molecule has 1 aromatic heterocycles. The van der Waals surface area contributed by atoms with Gasteiger partial charge in [-0.15, -0.1) is 0 Å². The second kappa shape index (κ2) is 7.75. The Morgan fingerprint density at radius 2 is 1.86 bits per heavy atom. The van der Waals surface area contributed by atoms with Crippen LogP contribution in [0.15, 0.2) is 0 Å². The van der Waals surface area contributed by atoms with Crippen LogP contribution in [0.2, 0.25) is 5.28 Å². The summed E-state index contributed by atoms with van der Waals surface area (Å²) < 4.78 is 0. The van der Waals surface area contributed by atoms with Crippen molar-refractivity contribution in [1.82, 2.24) is 19.9 Å². The van der Waals surface area contributed by atoms with E-state index in [0.29, 0.717) is 17.8 Å². The zero-order chi connectivity index (χ0) is 15.2. The number of hydrogen-bond donors (Lipinski definition) is 1. The van der Waals surface area contributed by atoms with Crippen LogP contribution in [-0.2, 0) is 0 Å². The molecule has 21 heavy (non-hydrogen) atoms. The van der Waals surface area contributed by atoms with E-state index in [-0.39, 0.29) is 5.28 Å². The summed E-state index contributed by atoms with van der Waals surface area (Å²) in [5.74, 6) is 1.95. The molecule has 0 amide bonds. The first kappa shape index (κ1) is 16.2. The van der Waals surface area contributed by atoms with Crippen molar-refractivity contribution in [3.05, 3.63) is 5.28 Å². The van der Waals surface area contributed by atoms with Crippen molar-refractivity contribution in [2.24, 2.45) is 5.92 Å². The van der Waals surface area contributed by atoms with Crippen molar-refractivity contribution < 1.29 is 0 Å². The van der Waals surface area contributed by atoms with E-state index in [0.717, 1.165) is 45.7 Å². The second-order valence-electron chi connectivity index (χ2n) is 5.84. The molecule has 2 heterocycles. The molecular weight excluding hydrogens is 288 g/mol. The average Bonchev–Trinajstić information content (AvgIpc) is 2.44. The molecule has 2 rings (SSSR count). The molecule has 1 aliphatic heterocycles. The first-order valence-electron chi connectivity index (χ1n) is 7.71. The van der Waals surface area contributed by atoms with Gasteiger partial charge in [-0.3, -0.25) is 4.90 Å². The monoisotopic (exact) mass is 312 g/mol. The maximum atomic E-state index is 6.01. The fourth-order valence-electron chi connectivity index (χ4n) is 2.44. The van der Waals surface area contributed by atoms with Gasteiger partial charge in [0.15, 0.2) is 0 Å². The number of nitrogens with zero attached hydrogens (tertiary/aromatic N) is 5. The molecule has 1 aromatic rings. The molecule has 0 atom stereocenters. The number of anilines is 2.